The maximum absolute atomic E-state index is 6.64. The summed E-state index contributed by atoms with van der Waals surface area (Å²) < 4.78 is 5.43. The molecule has 0 bridgehead atoms. The summed E-state index contributed by atoms with van der Waals surface area (Å²) in [4.78, 5) is 0. The lowest BCUT2D eigenvalue weighted by Crippen LogP contribution is -2.01. The van der Waals surface area contributed by atoms with E-state index in [4.69, 9.17) is 16.3 Å². The zero-order valence-corrected chi connectivity index (χ0v) is 13.3. The molecule has 0 saturated heterocycles. The van der Waals surface area contributed by atoms with Gasteiger partial charge in [0.15, 0.2) is 0 Å². The molecule has 0 N–H and O–H groups in total. The van der Waals surface area contributed by atoms with Crippen LogP contribution in [0.1, 0.15) is 33.2 Å². The lowest BCUT2D eigenvalue weighted by Gasteiger charge is -2.16. The topological polar surface area (TPSA) is 9.23 Å². The molecule has 1 nitrogen and oxygen atoms in total. The van der Waals surface area contributed by atoms with E-state index in [-0.39, 0.29) is 5.38 Å². The Bertz CT molecular complexity index is 604. The molecule has 2 aromatic carbocycles. The summed E-state index contributed by atoms with van der Waals surface area (Å²) in [6.45, 7) is 6.32. The Morgan fingerprint density at radius 2 is 1.65 bits per heavy atom. The van der Waals surface area contributed by atoms with Gasteiger partial charge in [-0.1, -0.05) is 41.5 Å². The number of methoxy groups -OCH3 is 1. The molecule has 0 aliphatic heterocycles. The van der Waals surface area contributed by atoms with Crippen molar-refractivity contribution in [3.63, 3.8) is 0 Å². The van der Waals surface area contributed by atoms with Crippen LogP contribution in [0.25, 0.3) is 0 Å². The van der Waals surface area contributed by atoms with Gasteiger partial charge in [0.25, 0.3) is 0 Å². The molecule has 20 heavy (non-hydrogen) atoms. The van der Waals surface area contributed by atoms with Gasteiger partial charge in [-0.25, -0.2) is 0 Å². The molecule has 0 aliphatic rings. The van der Waals surface area contributed by atoms with Gasteiger partial charge in [0.05, 0.1) is 12.5 Å². The van der Waals surface area contributed by atoms with E-state index >= 15 is 0 Å². The molecule has 0 radical (unpaired) electrons. The van der Waals surface area contributed by atoms with Crippen LogP contribution >= 0.6 is 11.6 Å². The van der Waals surface area contributed by atoms with Crippen LogP contribution in [0, 0.1) is 20.8 Å². The van der Waals surface area contributed by atoms with Crippen LogP contribution in [0.2, 0.25) is 0 Å². The first-order valence-electron chi connectivity index (χ1n) is 6.86. The Morgan fingerprint density at radius 3 is 2.35 bits per heavy atom. The number of hydrogen-bond acceptors (Lipinski definition) is 1. The van der Waals surface area contributed by atoms with Crippen LogP contribution < -0.4 is 4.74 Å². The van der Waals surface area contributed by atoms with Crippen molar-refractivity contribution >= 4 is 11.6 Å². The number of halogens is 1. The summed E-state index contributed by atoms with van der Waals surface area (Å²) in [5.41, 5.74) is 6.12. The fourth-order valence-corrected chi connectivity index (χ4v) is 2.76. The van der Waals surface area contributed by atoms with Gasteiger partial charge in [0.2, 0.25) is 0 Å². The van der Waals surface area contributed by atoms with Crippen LogP contribution in [0.3, 0.4) is 0 Å². The minimum absolute atomic E-state index is 0.0784. The van der Waals surface area contributed by atoms with Crippen LogP contribution in [0.15, 0.2) is 36.4 Å². The molecule has 0 heterocycles. The van der Waals surface area contributed by atoms with Crippen LogP contribution in [-0.4, -0.2) is 7.11 Å². The van der Waals surface area contributed by atoms with E-state index < -0.39 is 0 Å². The Labute approximate surface area is 126 Å². The lowest BCUT2D eigenvalue weighted by atomic mass is 9.97. The number of aryl methyl sites for hydroxylation is 3. The van der Waals surface area contributed by atoms with Gasteiger partial charge in [-0.05, 0) is 44.4 Å². The number of alkyl halides is 1. The third-order valence-electron chi connectivity index (χ3n) is 3.63. The second kappa shape index (κ2) is 6.32. The van der Waals surface area contributed by atoms with Crippen LogP contribution in [-0.2, 0) is 6.42 Å². The molecule has 0 aromatic heterocycles. The molecule has 1 unspecified atom stereocenters. The average molecular weight is 289 g/mol. The Kier molecular flexibility index (Phi) is 4.72. The maximum atomic E-state index is 6.64. The largest absolute Gasteiger partial charge is 0.496 e. The summed E-state index contributed by atoms with van der Waals surface area (Å²) in [6.07, 6.45) is 0.814. The highest BCUT2D eigenvalue weighted by Gasteiger charge is 2.15. The Morgan fingerprint density at radius 1 is 1.00 bits per heavy atom. The van der Waals surface area contributed by atoms with Gasteiger partial charge in [-0.15, -0.1) is 11.6 Å². The van der Waals surface area contributed by atoms with Crippen molar-refractivity contribution in [1.82, 2.24) is 0 Å². The number of benzene rings is 2. The maximum Gasteiger partial charge on any atom is 0.123 e. The second-order valence-electron chi connectivity index (χ2n) is 5.35. The quantitative estimate of drug-likeness (QED) is 0.708. The highest BCUT2D eigenvalue weighted by molar-refractivity contribution is 6.21. The first-order valence-corrected chi connectivity index (χ1v) is 7.29. The summed E-state index contributed by atoms with van der Waals surface area (Å²) in [5.74, 6) is 0.862. The van der Waals surface area contributed by atoms with E-state index in [2.05, 4.69) is 45.0 Å². The lowest BCUT2D eigenvalue weighted by molar-refractivity contribution is 0.409. The zero-order chi connectivity index (χ0) is 14.7. The van der Waals surface area contributed by atoms with Crippen LogP contribution in [0.4, 0.5) is 0 Å². The first-order chi connectivity index (χ1) is 9.51. The SMILES string of the molecule is COc1ccc(C)cc1C(Cl)Cc1cc(C)ccc1C. The molecule has 1 atom stereocenters. The van der Waals surface area contributed by atoms with E-state index in [0.717, 1.165) is 17.7 Å². The fraction of sp³-hybridized carbons (Fsp3) is 0.333. The summed E-state index contributed by atoms with van der Waals surface area (Å²) in [7, 11) is 1.69. The summed E-state index contributed by atoms with van der Waals surface area (Å²) in [6, 6.07) is 12.7. The molecule has 0 spiro atoms. The van der Waals surface area contributed by atoms with E-state index in [0.29, 0.717) is 0 Å². The predicted molar refractivity (Wildman–Crippen MR) is 85.9 cm³/mol. The molecule has 0 amide bonds. The van der Waals surface area contributed by atoms with Crippen molar-refractivity contribution < 1.29 is 4.74 Å². The standard InChI is InChI=1S/C18H21ClO/c1-12-5-7-14(3)15(9-12)11-17(19)16-10-13(2)6-8-18(16)20-4/h5-10,17H,11H2,1-4H3. The number of ether oxygens (including phenoxy) is 1. The monoisotopic (exact) mass is 288 g/mol. The minimum Gasteiger partial charge on any atom is -0.496 e. The van der Waals surface area contributed by atoms with E-state index in [1.807, 2.05) is 12.1 Å². The van der Waals surface area contributed by atoms with E-state index in [9.17, 15) is 0 Å². The molecule has 0 saturated carbocycles. The van der Waals surface area contributed by atoms with Crippen molar-refractivity contribution in [1.29, 1.82) is 0 Å². The van der Waals surface area contributed by atoms with Gasteiger partial charge >= 0.3 is 0 Å². The molecule has 2 aromatic rings. The highest BCUT2D eigenvalue weighted by Crippen LogP contribution is 2.33. The Hall–Kier alpha value is -1.47. The molecular weight excluding hydrogens is 268 g/mol. The van der Waals surface area contributed by atoms with Gasteiger partial charge in [0, 0.05) is 5.56 Å². The summed E-state index contributed by atoms with van der Waals surface area (Å²) in [5, 5.41) is -0.0784. The van der Waals surface area contributed by atoms with Crippen molar-refractivity contribution in [2.45, 2.75) is 32.6 Å². The van der Waals surface area contributed by atoms with E-state index in [1.165, 1.54) is 22.3 Å². The number of rotatable bonds is 4. The smallest absolute Gasteiger partial charge is 0.123 e. The molecule has 2 rings (SSSR count). The average Bonchev–Trinajstić information content (AvgIpc) is 2.42. The molecule has 0 aliphatic carbocycles. The zero-order valence-electron chi connectivity index (χ0n) is 12.5. The van der Waals surface area contributed by atoms with Gasteiger partial charge < -0.3 is 4.74 Å². The van der Waals surface area contributed by atoms with Gasteiger partial charge in [-0.2, -0.15) is 0 Å². The summed E-state index contributed by atoms with van der Waals surface area (Å²) >= 11 is 6.64. The third-order valence-corrected chi connectivity index (χ3v) is 4.02. The predicted octanol–water partition coefficient (Wildman–Crippen LogP) is 5.14. The molecule has 106 valence electrons. The number of hydrogen-bond donors (Lipinski definition) is 0. The van der Waals surface area contributed by atoms with E-state index in [1.54, 1.807) is 7.11 Å². The van der Waals surface area contributed by atoms with Gasteiger partial charge in [-0.3, -0.25) is 0 Å². The van der Waals surface area contributed by atoms with Crippen molar-refractivity contribution in [2.75, 3.05) is 7.11 Å². The van der Waals surface area contributed by atoms with Crippen molar-refractivity contribution in [3.8, 4) is 5.75 Å². The van der Waals surface area contributed by atoms with Crippen LogP contribution in [0.5, 0.6) is 5.75 Å². The van der Waals surface area contributed by atoms with Crippen molar-refractivity contribution in [2.24, 2.45) is 0 Å². The normalized spacial score (nSPS) is 12.2. The molecular formula is C18H21ClO. The van der Waals surface area contributed by atoms with Crippen molar-refractivity contribution in [3.05, 3.63) is 64.2 Å². The minimum atomic E-state index is -0.0784. The molecule has 0 fully saturated rings. The molecule has 2 heteroatoms. The third kappa shape index (κ3) is 3.34. The Balaban J connectivity index is 2.30. The van der Waals surface area contributed by atoms with Gasteiger partial charge in [0.1, 0.15) is 5.75 Å². The fourth-order valence-electron chi connectivity index (χ4n) is 2.42. The second-order valence-corrected chi connectivity index (χ2v) is 5.87. The first kappa shape index (κ1) is 14.9. The highest BCUT2D eigenvalue weighted by atomic mass is 35.5.